The van der Waals surface area contributed by atoms with Crippen LogP contribution in [0.3, 0.4) is 0 Å². The molecule has 0 aliphatic carbocycles. The largest absolute Gasteiger partial charge is 0.393 e. The van der Waals surface area contributed by atoms with Crippen LogP contribution in [0.1, 0.15) is 78.6 Å². The van der Waals surface area contributed by atoms with Gasteiger partial charge in [-0.3, -0.25) is 0 Å². The van der Waals surface area contributed by atoms with Gasteiger partial charge in [0.2, 0.25) is 0 Å². The Morgan fingerprint density at radius 3 is 1.67 bits per heavy atom. The molecule has 110 valence electrons. The zero-order valence-electron chi connectivity index (χ0n) is 13.0. The van der Waals surface area contributed by atoms with Crippen molar-refractivity contribution in [2.75, 3.05) is 19.6 Å². The smallest absolute Gasteiger partial charge is 0.0512 e. The van der Waals surface area contributed by atoms with E-state index in [0.29, 0.717) is 0 Å². The molecule has 0 radical (unpaired) electrons. The Bertz CT molecular complexity index is 155. The van der Waals surface area contributed by atoms with Crippen molar-refractivity contribution in [3.05, 3.63) is 0 Å². The van der Waals surface area contributed by atoms with E-state index in [-0.39, 0.29) is 6.10 Å². The number of aliphatic hydroxyl groups is 1. The summed E-state index contributed by atoms with van der Waals surface area (Å²) < 4.78 is 0. The van der Waals surface area contributed by atoms with Crippen LogP contribution in [0.15, 0.2) is 0 Å². The Kier molecular flexibility index (Phi) is 13.3. The Hall–Kier alpha value is -0.0800. The van der Waals surface area contributed by atoms with E-state index in [4.69, 9.17) is 5.11 Å². The fraction of sp³-hybridized carbons (Fsp3) is 1.00. The van der Waals surface area contributed by atoms with E-state index in [9.17, 15) is 0 Å². The number of hydrogen-bond donors (Lipinski definition) is 1. The molecule has 0 bridgehead atoms. The second-order valence-corrected chi connectivity index (χ2v) is 5.49. The van der Waals surface area contributed by atoms with Gasteiger partial charge in [-0.25, -0.2) is 0 Å². The molecule has 18 heavy (non-hydrogen) atoms. The minimum atomic E-state index is -0.106. The summed E-state index contributed by atoms with van der Waals surface area (Å²) in [4.78, 5) is 2.51. The lowest BCUT2D eigenvalue weighted by molar-refractivity contribution is 0.180. The fourth-order valence-electron chi connectivity index (χ4n) is 2.38. The molecule has 0 aliphatic heterocycles. The number of rotatable bonds is 13. The third-order valence-corrected chi connectivity index (χ3v) is 3.74. The van der Waals surface area contributed by atoms with Crippen LogP contribution in [0.4, 0.5) is 0 Å². The molecule has 2 heteroatoms. The molecule has 0 rings (SSSR count). The molecule has 2 nitrogen and oxygen atoms in total. The summed E-state index contributed by atoms with van der Waals surface area (Å²) in [5.74, 6) is 0. The van der Waals surface area contributed by atoms with E-state index < -0.39 is 0 Å². The average Bonchev–Trinajstić information content (AvgIpc) is 2.36. The second-order valence-electron chi connectivity index (χ2n) is 5.49. The molecule has 0 heterocycles. The van der Waals surface area contributed by atoms with Gasteiger partial charge in [-0.15, -0.1) is 0 Å². The van der Waals surface area contributed by atoms with Crippen LogP contribution in [0.2, 0.25) is 0 Å². The highest BCUT2D eigenvalue weighted by molar-refractivity contribution is 4.54. The molecule has 0 fully saturated rings. The summed E-state index contributed by atoms with van der Waals surface area (Å²) in [6.07, 6.45) is 11.6. The first-order chi connectivity index (χ1) is 8.70. The molecule has 1 unspecified atom stereocenters. The monoisotopic (exact) mass is 257 g/mol. The maximum absolute atomic E-state index is 9.13. The number of nitrogens with zero attached hydrogens (tertiary/aromatic N) is 1. The summed E-state index contributed by atoms with van der Waals surface area (Å²) in [6, 6.07) is 0. The molecular weight excluding hydrogens is 222 g/mol. The van der Waals surface area contributed by atoms with Crippen molar-refractivity contribution in [3.8, 4) is 0 Å². The van der Waals surface area contributed by atoms with Crippen molar-refractivity contribution >= 4 is 0 Å². The molecule has 0 aromatic heterocycles. The number of hydrogen-bond acceptors (Lipinski definition) is 2. The highest BCUT2D eigenvalue weighted by atomic mass is 16.3. The lowest BCUT2D eigenvalue weighted by Gasteiger charge is -2.17. The molecular formula is C16H35NO. The van der Waals surface area contributed by atoms with E-state index in [1.54, 1.807) is 0 Å². The van der Waals surface area contributed by atoms with Crippen molar-refractivity contribution in [1.29, 1.82) is 0 Å². The number of unbranched alkanes of at least 4 members (excludes halogenated alkanes) is 7. The Morgan fingerprint density at radius 2 is 1.22 bits per heavy atom. The molecule has 0 aromatic carbocycles. The van der Waals surface area contributed by atoms with Crippen LogP contribution in [0, 0.1) is 0 Å². The van der Waals surface area contributed by atoms with E-state index in [1.165, 1.54) is 71.0 Å². The van der Waals surface area contributed by atoms with Crippen LogP contribution in [0.5, 0.6) is 0 Å². The van der Waals surface area contributed by atoms with Crippen LogP contribution in [0.25, 0.3) is 0 Å². The lowest BCUT2D eigenvalue weighted by atomic mass is 10.1. The molecule has 1 atom stereocenters. The van der Waals surface area contributed by atoms with E-state index in [2.05, 4.69) is 18.7 Å². The average molecular weight is 257 g/mol. The first kappa shape index (κ1) is 17.9. The van der Waals surface area contributed by atoms with Crippen LogP contribution in [-0.2, 0) is 0 Å². The Morgan fingerprint density at radius 1 is 0.778 bits per heavy atom. The van der Waals surface area contributed by atoms with Crippen LogP contribution < -0.4 is 0 Å². The molecule has 0 aromatic rings. The summed E-state index contributed by atoms with van der Waals surface area (Å²) in [5, 5.41) is 9.13. The first-order valence-corrected chi connectivity index (χ1v) is 8.11. The van der Waals surface area contributed by atoms with Gasteiger partial charge in [-0.1, -0.05) is 58.8 Å². The highest BCUT2D eigenvalue weighted by Gasteiger charge is 1.98. The van der Waals surface area contributed by atoms with Gasteiger partial charge in [0, 0.05) is 0 Å². The van der Waals surface area contributed by atoms with Gasteiger partial charge in [-0.2, -0.15) is 0 Å². The summed E-state index contributed by atoms with van der Waals surface area (Å²) in [5.41, 5.74) is 0. The van der Waals surface area contributed by atoms with E-state index in [1.807, 2.05) is 6.92 Å². The molecule has 0 amide bonds. The summed E-state index contributed by atoms with van der Waals surface area (Å²) >= 11 is 0. The van der Waals surface area contributed by atoms with Crippen LogP contribution in [-0.4, -0.2) is 35.7 Å². The molecule has 0 saturated heterocycles. The highest BCUT2D eigenvalue weighted by Crippen LogP contribution is 2.10. The van der Waals surface area contributed by atoms with Crippen molar-refractivity contribution in [2.45, 2.75) is 84.7 Å². The summed E-state index contributed by atoms with van der Waals surface area (Å²) in [6.45, 7) is 10.0. The number of aliphatic hydroxyl groups excluding tert-OH is 1. The Balaban J connectivity index is 3.07. The predicted molar refractivity (Wildman–Crippen MR) is 81.0 cm³/mol. The molecule has 0 aliphatic rings. The maximum Gasteiger partial charge on any atom is 0.0512 e. The maximum atomic E-state index is 9.13. The second kappa shape index (κ2) is 13.4. The lowest BCUT2D eigenvalue weighted by Crippen LogP contribution is -2.23. The Labute approximate surface area is 115 Å². The van der Waals surface area contributed by atoms with Crippen molar-refractivity contribution in [1.82, 2.24) is 4.90 Å². The minimum absolute atomic E-state index is 0.106. The third kappa shape index (κ3) is 12.4. The normalized spacial score (nSPS) is 13.2. The van der Waals surface area contributed by atoms with E-state index in [0.717, 1.165) is 6.42 Å². The molecule has 1 N–H and O–H groups in total. The van der Waals surface area contributed by atoms with Crippen molar-refractivity contribution in [3.63, 3.8) is 0 Å². The predicted octanol–water partition coefficient (Wildman–Crippen LogP) is 4.22. The quantitative estimate of drug-likeness (QED) is 0.499. The van der Waals surface area contributed by atoms with Crippen molar-refractivity contribution < 1.29 is 5.11 Å². The minimum Gasteiger partial charge on any atom is -0.393 e. The van der Waals surface area contributed by atoms with Crippen molar-refractivity contribution in [2.24, 2.45) is 0 Å². The topological polar surface area (TPSA) is 23.5 Å². The fourth-order valence-corrected chi connectivity index (χ4v) is 2.38. The van der Waals surface area contributed by atoms with Gasteiger partial charge in [-0.05, 0) is 39.4 Å². The SMILES string of the molecule is CCN(CC)CCCCCCCCCCC(C)O. The van der Waals surface area contributed by atoms with Crippen LogP contribution >= 0.6 is 0 Å². The van der Waals surface area contributed by atoms with Gasteiger partial charge in [0.15, 0.2) is 0 Å². The van der Waals surface area contributed by atoms with Gasteiger partial charge >= 0.3 is 0 Å². The first-order valence-electron chi connectivity index (χ1n) is 8.11. The zero-order chi connectivity index (χ0) is 13.6. The molecule has 0 saturated carbocycles. The summed E-state index contributed by atoms with van der Waals surface area (Å²) in [7, 11) is 0. The van der Waals surface area contributed by atoms with Gasteiger partial charge in [0.05, 0.1) is 6.10 Å². The molecule has 0 spiro atoms. The van der Waals surface area contributed by atoms with E-state index >= 15 is 0 Å². The van der Waals surface area contributed by atoms with Gasteiger partial charge < -0.3 is 10.0 Å². The van der Waals surface area contributed by atoms with Gasteiger partial charge in [0.25, 0.3) is 0 Å². The van der Waals surface area contributed by atoms with Gasteiger partial charge in [0.1, 0.15) is 0 Å². The third-order valence-electron chi connectivity index (χ3n) is 3.74. The zero-order valence-corrected chi connectivity index (χ0v) is 13.0. The standard InChI is InChI=1S/C16H35NO/c1-4-17(5-2)15-13-11-9-7-6-8-10-12-14-16(3)18/h16,18H,4-15H2,1-3H3.